The Bertz CT molecular complexity index is 321. The van der Waals surface area contributed by atoms with Crippen molar-refractivity contribution in [3.8, 4) is 0 Å². The van der Waals surface area contributed by atoms with Crippen LogP contribution in [0.3, 0.4) is 0 Å². The standard InChI is InChI=1S/C11H12O3/c12-10(8-4-2-1-3-5-8)9-6-7-14-11(9)13/h1-5,9-10,12H,6-7H2/t9-,10-/m0/s1. The zero-order valence-electron chi connectivity index (χ0n) is 7.72. The molecule has 1 aliphatic rings. The maximum absolute atomic E-state index is 11.2. The minimum atomic E-state index is -0.730. The second kappa shape index (κ2) is 3.80. The predicted molar refractivity (Wildman–Crippen MR) is 50.5 cm³/mol. The minimum Gasteiger partial charge on any atom is -0.465 e. The third kappa shape index (κ3) is 1.63. The molecular formula is C11H12O3. The molecule has 2 atom stereocenters. The molecule has 0 amide bonds. The van der Waals surface area contributed by atoms with E-state index in [0.717, 1.165) is 5.56 Å². The van der Waals surface area contributed by atoms with Crippen LogP contribution in [0.5, 0.6) is 0 Å². The number of benzene rings is 1. The van der Waals surface area contributed by atoms with Crippen molar-refractivity contribution < 1.29 is 14.6 Å². The van der Waals surface area contributed by atoms with E-state index in [4.69, 9.17) is 4.74 Å². The quantitative estimate of drug-likeness (QED) is 0.718. The second-order valence-corrected chi connectivity index (χ2v) is 3.42. The molecule has 74 valence electrons. The van der Waals surface area contributed by atoms with Gasteiger partial charge in [-0.3, -0.25) is 4.79 Å². The molecule has 1 fully saturated rings. The number of cyclic esters (lactones) is 1. The fourth-order valence-corrected chi connectivity index (χ4v) is 1.68. The molecule has 0 aliphatic carbocycles. The lowest BCUT2D eigenvalue weighted by molar-refractivity contribution is -0.144. The van der Waals surface area contributed by atoms with Crippen LogP contribution in [0.1, 0.15) is 18.1 Å². The van der Waals surface area contributed by atoms with Crippen LogP contribution in [0.2, 0.25) is 0 Å². The highest BCUT2D eigenvalue weighted by atomic mass is 16.5. The normalized spacial score (nSPS) is 23.2. The van der Waals surface area contributed by atoms with Crippen molar-refractivity contribution in [1.82, 2.24) is 0 Å². The summed E-state index contributed by atoms with van der Waals surface area (Å²) in [6.07, 6.45) is -0.124. The third-order valence-electron chi connectivity index (χ3n) is 2.50. The molecule has 0 aromatic heterocycles. The summed E-state index contributed by atoms with van der Waals surface area (Å²) < 4.78 is 4.81. The molecule has 3 heteroatoms. The van der Waals surface area contributed by atoms with Gasteiger partial charge < -0.3 is 9.84 Å². The topological polar surface area (TPSA) is 46.5 Å². The highest BCUT2D eigenvalue weighted by Gasteiger charge is 2.33. The number of aliphatic hydroxyl groups excluding tert-OH is 1. The summed E-state index contributed by atoms with van der Waals surface area (Å²) in [5.74, 6) is -0.682. The molecule has 1 saturated heterocycles. The van der Waals surface area contributed by atoms with Gasteiger partial charge in [0.15, 0.2) is 0 Å². The van der Waals surface area contributed by atoms with E-state index >= 15 is 0 Å². The Morgan fingerprint density at radius 3 is 2.64 bits per heavy atom. The second-order valence-electron chi connectivity index (χ2n) is 3.42. The zero-order valence-corrected chi connectivity index (χ0v) is 7.72. The first-order valence-corrected chi connectivity index (χ1v) is 4.68. The van der Waals surface area contributed by atoms with Gasteiger partial charge in [-0.2, -0.15) is 0 Å². The SMILES string of the molecule is O=C1OCC[C@H]1[C@@H](O)c1ccccc1. The maximum atomic E-state index is 11.2. The lowest BCUT2D eigenvalue weighted by Crippen LogP contribution is -2.17. The zero-order chi connectivity index (χ0) is 9.97. The van der Waals surface area contributed by atoms with Crippen LogP contribution < -0.4 is 0 Å². The Balaban J connectivity index is 2.16. The predicted octanol–water partition coefficient (Wildman–Crippen LogP) is 1.28. The smallest absolute Gasteiger partial charge is 0.312 e. The van der Waals surface area contributed by atoms with E-state index < -0.39 is 12.0 Å². The van der Waals surface area contributed by atoms with Gasteiger partial charge in [0.2, 0.25) is 0 Å². The fourth-order valence-electron chi connectivity index (χ4n) is 1.68. The van der Waals surface area contributed by atoms with E-state index in [2.05, 4.69) is 0 Å². The maximum Gasteiger partial charge on any atom is 0.312 e. The Morgan fingerprint density at radius 2 is 2.07 bits per heavy atom. The molecular weight excluding hydrogens is 180 g/mol. The van der Waals surface area contributed by atoms with Crippen LogP contribution >= 0.6 is 0 Å². The van der Waals surface area contributed by atoms with Gasteiger partial charge in [-0.1, -0.05) is 30.3 Å². The first-order valence-electron chi connectivity index (χ1n) is 4.68. The van der Waals surface area contributed by atoms with Crippen molar-refractivity contribution in [2.24, 2.45) is 5.92 Å². The molecule has 0 saturated carbocycles. The first-order chi connectivity index (χ1) is 6.79. The summed E-state index contributed by atoms with van der Waals surface area (Å²) in [5, 5.41) is 9.89. The minimum absolute atomic E-state index is 0.290. The molecule has 0 bridgehead atoms. The summed E-state index contributed by atoms with van der Waals surface area (Å²) in [6.45, 7) is 0.424. The van der Waals surface area contributed by atoms with Crippen molar-refractivity contribution in [2.45, 2.75) is 12.5 Å². The highest BCUT2D eigenvalue weighted by Crippen LogP contribution is 2.29. The van der Waals surface area contributed by atoms with Crippen LogP contribution in [0.25, 0.3) is 0 Å². The van der Waals surface area contributed by atoms with Crippen molar-refractivity contribution in [1.29, 1.82) is 0 Å². The molecule has 1 aromatic rings. The molecule has 1 aliphatic heterocycles. The average Bonchev–Trinajstić information content (AvgIpc) is 2.65. The van der Waals surface area contributed by atoms with Crippen LogP contribution in [-0.2, 0) is 9.53 Å². The molecule has 2 rings (SSSR count). The number of esters is 1. The number of hydrogen-bond acceptors (Lipinski definition) is 3. The van der Waals surface area contributed by atoms with Crippen LogP contribution in [0.4, 0.5) is 0 Å². The summed E-state index contributed by atoms with van der Waals surface area (Å²) >= 11 is 0. The van der Waals surface area contributed by atoms with Crippen molar-refractivity contribution in [3.05, 3.63) is 35.9 Å². The van der Waals surface area contributed by atoms with E-state index in [1.54, 1.807) is 0 Å². The lowest BCUT2D eigenvalue weighted by Gasteiger charge is -2.14. The Morgan fingerprint density at radius 1 is 1.36 bits per heavy atom. The third-order valence-corrected chi connectivity index (χ3v) is 2.50. The van der Waals surface area contributed by atoms with Gasteiger partial charge >= 0.3 is 5.97 Å². The summed E-state index contributed by atoms with van der Waals surface area (Å²) in [6, 6.07) is 9.20. The van der Waals surface area contributed by atoms with Gasteiger partial charge in [-0.15, -0.1) is 0 Å². The highest BCUT2D eigenvalue weighted by molar-refractivity contribution is 5.75. The number of hydrogen-bond donors (Lipinski definition) is 1. The van der Waals surface area contributed by atoms with Crippen molar-refractivity contribution in [2.75, 3.05) is 6.61 Å². The van der Waals surface area contributed by atoms with Crippen LogP contribution in [-0.4, -0.2) is 17.7 Å². The number of aliphatic hydroxyl groups is 1. The van der Waals surface area contributed by atoms with Gasteiger partial charge in [-0.05, 0) is 12.0 Å². The summed E-state index contributed by atoms with van der Waals surface area (Å²) in [4.78, 5) is 11.2. The molecule has 14 heavy (non-hydrogen) atoms. The van der Waals surface area contributed by atoms with E-state index in [1.165, 1.54) is 0 Å². The molecule has 0 unspecified atom stereocenters. The largest absolute Gasteiger partial charge is 0.465 e. The molecule has 1 aromatic carbocycles. The Labute approximate surface area is 82.3 Å². The van der Waals surface area contributed by atoms with Gasteiger partial charge in [-0.25, -0.2) is 0 Å². The number of carbonyl (C=O) groups is 1. The molecule has 0 spiro atoms. The molecule has 0 radical (unpaired) electrons. The molecule has 1 heterocycles. The van der Waals surface area contributed by atoms with Gasteiger partial charge in [0.25, 0.3) is 0 Å². The van der Waals surface area contributed by atoms with Gasteiger partial charge in [0.1, 0.15) is 0 Å². The van der Waals surface area contributed by atoms with E-state index in [0.29, 0.717) is 13.0 Å². The summed E-state index contributed by atoms with van der Waals surface area (Å²) in [5.41, 5.74) is 0.774. The van der Waals surface area contributed by atoms with E-state index in [1.807, 2.05) is 30.3 Å². The lowest BCUT2D eigenvalue weighted by atomic mass is 9.95. The van der Waals surface area contributed by atoms with Crippen LogP contribution in [0, 0.1) is 5.92 Å². The van der Waals surface area contributed by atoms with Crippen molar-refractivity contribution in [3.63, 3.8) is 0 Å². The summed E-state index contributed by atoms with van der Waals surface area (Å²) in [7, 11) is 0. The average molecular weight is 192 g/mol. The first kappa shape index (κ1) is 9.21. The number of carbonyl (C=O) groups excluding carboxylic acids is 1. The van der Waals surface area contributed by atoms with E-state index in [9.17, 15) is 9.90 Å². The number of ether oxygens (including phenoxy) is 1. The van der Waals surface area contributed by atoms with E-state index in [-0.39, 0.29) is 5.97 Å². The molecule has 3 nitrogen and oxygen atoms in total. The molecule has 1 N–H and O–H groups in total. The Kier molecular flexibility index (Phi) is 2.50. The van der Waals surface area contributed by atoms with Crippen LogP contribution in [0.15, 0.2) is 30.3 Å². The monoisotopic (exact) mass is 192 g/mol. The fraction of sp³-hybridized carbons (Fsp3) is 0.364. The Hall–Kier alpha value is -1.35. The van der Waals surface area contributed by atoms with Gasteiger partial charge in [0.05, 0.1) is 18.6 Å². The van der Waals surface area contributed by atoms with Gasteiger partial charge in [0, 0.05) is 0 Å². The van der Waals surface area contributed by atoms with Crippen molar-refractivity contribution >= 4 is 5.97 Å². The number of rotatable bonds is 2.